The van der Waals surface area contributed by atoms with Gasteiger partial charge in [0.1, 0.15) is 5.84 Å². The molecule has 6 nitrogen and oxygen atoms in total. The van der Waals surface area contributed by atoms with Crippen LogP contribution in [-0.4, -0.2) is 32.5 Å². The minimum Gasteiger partial charge on any atom is -0.326 e. The van der Waals surface area contributed by atoms with Crippen LogP contribution in [0.5, 0.6) is 0 Å². The van der Waals surface area contributed by atoms with E-state index < -0.39 is 21.7 Å². The Morgan fingerprint density at radius 3 is 2.55 bits per heavy atom. The third-order valence-corrected chi connectivity index (χ3v) is 6.96. The Bertz CT molecular complexity index is 1060. The van der Waals surface area contributed by atoms with E-state index in [0.29, 0.717) is 35.1 Å². The lowest BCUT2D eigenvalue weighted by atomic mass is 10.2. The van der Waals surface area contributed by atoms with Gasteiger partial charge in [-0.05, 0) is 55.3 Å². The van der Waals surface area contributed by atoms with E-state index in [2.05, 4.69) is 15.0 Å². The van der Waals surface area contributed by atoms with Crippen LogP contribution in [0.3, 0.4) is 0 Å². The summed E-state index contributed by atoms with van der Waals surface area (Å²) in [6.07, 6.45) is 3.66. The molecule has 0 atom stereocenters. The smallest absolute Gasteiger partial charge is 0.262 e. The molecule has 0 aromatic heterocycles. The van der Waals surface area contributed by atoms with Gasteiger partial charge in [0.05, 0.1) is 4.90 Å². The lowest BCUT2D eigenvalue weighted by Crippen LogP contribution is -2.30. The van der Waals surface area contributed by atoms with Crippen LogP contribution in [0.25, 0.3) is 0 Å². The summed E-state index contributed by atoms with van der Waals surface area (Å²) in [5.41, 5.74) is 0.466. The van der Waals surface area contributed by atoms with Crippen molar-refractivity contribution in [2.75, 3.05) is 17.6 Å². The predicted octanol–water partition coefficient (Wildman–Crippen LogP) is 4.34. The van der Waals surface area contributed by atoms with E-state index in [1.54, 1.807) is 0 Å². The maximum Gasteiger partial charge on any atom is 0.262 e. The van der Waals surface area contributed by atoms with Crippen LogP contribution >= 0.6 is 11.8 Å². The zero-order valence-electron chi connectivity index (χ0n) is 16.7. The summed E-state index contributed by atoms with van der Waals surface area (Å²) in [6, 6.07) is 9.47. The standard InChI is InChI=1S/C21H23F2N3O3S2/c22-18-10-7-16(14-19(18)23)30-13-11-21(27)25-15-5-8-17(9-6-15)31(28,29)26-20-4-2-1-3-12-24-20/h5-10,14H,1-4,11-13H2,(H,24,26)(H,25,27). The summed E-state index contributed by atoms with van der Waals surface area (Å²) in [6.45, 7) is 0.622. The van der Waals surface area contributed by atoms with Crippen LogP contribution in [-0.2, 0) is 14.8 Å². The molecule has 2 aromatic carbocycles. The Labute approximate surface area is 184 Å². The molecule has 3 rings (SSSR count). The maximum atomic E-state index is 13.2. The van der Waals surface area contributed by atoms with E-state index in [1.165, 1.54) is 42.1 Å². The highest BCUT2D eigenvalue weighted by atomic mass is 32.2. The van der Waals surface area contributed by atoms with Crippen LogP contribution in [0.2, 0.25) is 0 Å². The van der Waals surface area contributed by atoms with Crippen molar-refractivity contribution in [2.24, 2.45) is 4.99 Å². The normalized spacial score (nSPS) is 14.5. The lowest BCUT2D eigenvalue weighted by molar-refractivity contribution is -0.115. The van der Waals surface area contributed by atoms with Crippen LogP contribution < -0.4 is 10.0 Å². The first-order valence-electron chi connectivity index (χ1n) is 9.87. The second kappa shape index (κ2) is 10.7. The molecule has 1 aliphatic rings. The average Bonchev–Trinajstić information content (AvgIpc) is 2.99. The van der Waals surface area contributed by atoms with Gasteiger partial charge in [0.15, 0.2) is 11.6 Å². The van der Waals surface area contributed by atoms with Crippen LogP contribution in [0, 0.1) is 11.6 Å². The number of amides is 1. The molecule has 0 aliphatic carbocycles. The molecule has 1 amide bonds. The molecule has 2 N–H and O–H groups in total. The zero-order valence-corrected chi connectivity index (χ0v) is 18.4. The second-order valence-corrected chi connectivity index (χ2v) is 9.84. The number of aliphatic imine (C=N–C) groups is 1. The molecule has 1 aliphatic heterocycles. The maximum absolute atomic E-state index is 13.2. The van der Waals surface area contributed by atoms with Gasteiger partial charge in [0.25, 0.3) is 10.0 Å². The number of amidine groups is 1. The molecule has 0 radical (unpaired) electrons. The Kier molecular flexibility index (Phi) is 8.03. The molecule has 0 fully saturated rings. The fraction of sp³-hybridized carbons (Fsp3) is 0.333. The molecule has 0 spiro atoms. The molecule has 0 saturated heterocycles. The first kappa shape index (κ1) is 23.2. The SMILES string of the molecule is O=C(CCSc1ccc(F)c(F)c1)Nc1ccc(S(=O)(=O)NC2=NCCCCC2)cc1. The molecule has 0 unspecified atom stereocenters. The van der Waals surface area contributed by atoms with E-state index >= 15 is 0 Å². The molecule has 166 valence electrons. The van der Waals surface area contributed by atoms with Gasteiger partial charge < -0.3 is 5.32 Å². The molecule has 0 saturated carbocycles. The Balaban J connectivity index is 1.50. The highest BCUT2D eigenvalue weighted by molar-refractivity contribution is 7.99. The van der Waals surface area contributed by atoms with Crippen molar-refractivity contribution in [1.29, 1.82) is 0 Å². The number of halogens is 2. The average molecular weight is 468 g/mol. The largest absolute Gasteiger partial charge is 0.326 e. The summed E-state index contributed by atoms with van der Waals surface area (Å²) < 4.78 is 53.7. The summed E-state index contributed by atoms with van der Waals surface area (Å²) >= 11 is 1.24. The third kappa shape index (κ3) is 7.03. The van der Waals surface area contributed by atoms with Gasteiger partial charge in [-0.25, -0.2) is 17.2 Å². The lowest BCUT2D eigenvalue weighted by Gasteiger charge is -2.10. The van der Waals surface area contributed by atoms with Crippen molar-refractivity contribution < 1.29 is 22.0 Å². The molecule has 1 heterocycles. The monoisotopic (exact) mass is 467 g/mol. The zero-order chi connectivity index (χ0) is 22.3. The summed E-state index contributed by atoms with van der Waals surface area (Å²) in [5.74, 6) is -1.24. The molecule has 10 heteroatoms. The molecular formula is C21H23F2N3O3S2. The highest BCUT2D eigenvalue weighted by Gasteiger charge is 2.17. The van der Waals surface area contributed by atoms with E-state index in [4.69, 9.17) is 0 Å². The fourth-order valence-corrected chi connectivity index (χ4v) is 4.90. The van der Waals surface area contributed by atoms with Crippen molar-refractivity contribution >= 4 is 39.2 Å². The topological polar surface area (TPSA) is 87.6 Å². The number of nitrogens with zero attached hydrogens (tertiary/aromatic N) is 1. The van der Waals surface area contributed by atoms with Gasteiger partial charge in [-0.15, -0.1) is 11.8 Å². The number of benzene rings is 2. The van der Waals surface area contributed by atoms with Crippen molar-refractivity contribution in [3.63, 3.8) is 0 Å². The number of hydrogen-bond donors (Lipinski definition) is 2. The summed E-state index contributed by atoms with van der Waals surface area (Å²) in [7, 11) is -3.73. The van der Waals surface area contributed by atoms with Crippen molar-refractivity contribution in [2.45, 2.75) is 41.9 Å². The summed E-state index contributed by atoms with van der Waals surface area (Å²) in [5, 5.41) is 2.69. The van der Waals surface area contributed by atoms with Gasteiger partial charge in [0, 0.05) is 35.7 Å². The number of anilines is 1. The number of carbonyl (C=O) groups is 1. The van der Waals surface area contributed by atoms with E-state index in [1.807, 2.05) is 0 Å². The first-order chi connectivity index (χ1) is 14.8. The van der Waals surface area contributed by atoms with E-state index in [9.17, 15) is 22.0 Å². The number of carbonyl (C=O) groups excluding carboxylic acids is 1. The molecule has 0 bridgehead atoms. The molecule has 2 aromatic rings. The van der Waals surface area contributed by atoms with E-state index in [0.717, 1.165) is 31.4 Å². The quantitative estimate of drug-likeness (QED) is 0.593. The Hall–Kier alpha value is -2.46. The number of nitrogens with one attached hydrogen (secondary N) is 2. The Morgan fingerprint density at radius 1 is 1.03 bits per heavy atom. The van der Waals surface area contributed by atoms with Gasteiger partial charge in [-0.3, -0.25) is 14.5 Å². The third-order valence-electron chi connectivity index (χ3n) is 4.56. The van der Waals surface area contributed by atoms with Crippen molar-refractivity contribution in [3.8, 4) is 0 Å². The first-order valence-corrected chi connectivity index (χ1v) is 12.3. The van der Waals surface area contributed by atoms with Crippen molar-refractivity contribution in [3.05, 3.63) is 54.1 Å². The minimum atomic E-state index is -3.73. The summed E-state index contributed by atoms with van der Waals surface area (Å²) in [4.78, 5) is 17.0. The number of rotatable bonds is 7. The van der Waals surface area contributed by atoms with Crippen molar-refractivity contribution in [1.82, 2.24) is 4.72 Å². The van der Waals surface area contributed by atoms with Gasteiger partial charge >= 0.3 is 0 Å². The fourth-order valence-electron chi connectivity index (χ4n) is 2.94. The Morgan fingerprint density at radius 2 is 1.81 bits per heavy atom. The number of thioether (sulfide) groups is 1. The number of hydrogen-bond acceptors (Lipinski definition) is 5. The van der Waals surface area contributed by atoms with Crippen LogP contribution in [0.1, 0.15) is 32.1 Å². The van der Waals surface area contributed by atoms with Crippen LogP contribution in [0.15, 0.2) is 57.2 Å². The van der Waals surface area contributed by atoms with Crippen LogP contribution in [0.4, 0.5) is 14.5 Å². The number of sulfonamides is 1. The van der Waals surface area contributed by atoms with Gasteiger partial charge in [-0.2, -0.15) is 0 Å². The minimum absolute atomic E-state index is 0.0892. The van der Waals surface area contributed by atoms with Gasteiger partial charge in [-0.1, -0.05) is 6.42 Å². The predicted molar refractivity (Wildman–Crippen MR) is 118 cm³/mol. The van der Waals surface area contributed by atoms with Gasteiger partial charge in [0.2, 0.25) is 5.91 Å². The highest BCUT2D eigenvalue weighted by Crippen LogP contribution is 2.21. The van der Waals surface area contributed by atoms with E-state index in [-0.39, 0.29) is 17.2 Å². The molecular weight excluding hydrogens is 444 g/mol. The molecule has 31 heavy (non-hydrogen) atoms. The second-order valence-electron chi connectivity index (χ2n) is 6.99.